The van der Waals surface area contributed by atoms with Crippen molar-refractivity contribution in [2.24, 2.45) is 0 Å². The van der Waals surface area contributed by atoms with Crippen molar-refractivity contribution in [2.45, 2.75) is 13.8 Å². The van der Waals surface area contributed by atoms with Gasteiger partial charge < -0.3 is 0 Å². The van der Waals surface area contributed by atoms with Gasteiger partial charge in [0.25, 0.3) is 0 Å². The van der Waals surface area contributed by atoms with E-state index < -0.39 is 0 Å². The van der Waals surface area contributed by atoms with E-state index in [1.165, 1.54) is 5.57 Å². The molecule has 32 valence electrons. The molecule has 0 saturated carbocycles. The second-order valence-corrected chi connectivity index (χ2v) is 1.21. The molecule has 0 spiro atoms. The van der Waals surface area contributed by atoms with Crippen molar-refractivity contribution >= 4 is 9.90 Å². The molecule has 0 aliphatic rings. The first kappa shape index (κ1) is 8.95. The van der Waals surface area contributed by atoms with Gasteiger partial charge in [-0.05, 0) is 13.8 Å². The summed E-state index contributed by atoms with van der Waals surface area (Å²) in [6, 6.07) is 0. The minimum atomic E-state index is 0. The Kier molecular flexibility index (Phi) is 7.46. The zero-order chi connectivity index (χ0) is 3.58. The molecule has 0 aromatic carbocycles. The van der Waals surface area contributed by atoms with Gasteiger partial charge in [0.1, 0.15) is 0 Å². The molecular weight excluding hydrogens is 79.0 g/mol. The Morgan fingerprint density at radius 1 is 1.40 bits per heavy atom. The maximum Gasteiger partial charge on any atom is -0.0445 e. The number of hydrogen-bond acceptors (Lipinski definition) is 0. The highest BCUT2D eigenvalue weighted by molar-refractivity contribution is 6.92. The minimum absolute atomic E-state index is 0. The predicted octanol–water partition coefficient (Wildman–Crippen LogP) is 1.64. The van der Waals surface area contributed by atoms with Crippen LogP contribution >= 0.6 is 9.90 Å². The van der Waals surface area contributed by atoms with E-state index in [9.17, 15) is 0 Å². The second-order valence-electron chi connectivity index (χ2n) is 1.21. The lowest BCUT2D eigenvalue weighted by Gasteiger charge is -1.65. The van der Waals surface area contributed by atoms with Crippen LogP contribution in [0.5, 0.6) is 0 Å². The molecule has 0 aliphatic carbocycles. The molecule has 0 bridgehead atoms. The van der Waals surface area contributed by atoms with Crippen LogP contribution in [0.4, 0.5) is 0 Å². The van der Waals surface area contributed by atoms with E-state index in [1.807, 2.05) is 13.8 Å². The summed E-state index contributed by atoms with van der Waals surface area (Å²) in [6.07, 6.45) is 0. The Morgan fingerprint density at radius 2 is 1.40 bits per heavy atom. The van der Waals surface area contributed by atoms with Crippen LogP contribution in [0.25, 0.3) is 0 Å². The van der Waals surface area contributed by atoms with Crippen molar-refractivity contribution in [3.8, 4) is 0 Å². The van der Waals surface area contributed by atoms with Gasteiger partial charge in [-0.3, -0.25) is 0 Å². The molecule has 1 atom stereocenters. The van der Waals surface area contributed by atoms with E-state index in [-0.39, 0.29) is 9.90 Å². The average molecular weight is 90.1 g/mol. The van der Waals surface area contributed by atoms with Gasteiger partial charge in [0.2, 0.25) is 0 Å². The first-order chi connectivity index (χ1) is 1.73. The Balaban J connectivity index is 0. The first-order valence-corrected chi connectivity index (χ1v) is 1.35. The molecule has 0 N–H and O–H groups in total. The monoisotopic (exact) mass is 90.1 g/mol. The molecule has 0 rings (SSSR count). The maximum atomic E-state index is 3.56. The smallest absolute Gasteiger partial charge is 0.0445 e. The van der Waals surface area contributed by atoms with Crippen molar-refractivity contribution in [2.75, 3.05) is 0 Å². The molecule has 0 nitrogen and oxygen atoms in total. The normalized spacial score (nSPS) is 5.20. The third-order valence-electron chi connectivity index (χ3n) is 0. The van der Waals surface area contributed by atoms with E-state index in [0.717, 1.165) is 0 Å². The Bertz CT molecular complexity index is 26.6. The Labute approximate surface area is 36.9 Å². The summed E-state index contributed by atoms with van der Waals surface area (Å²) in [5, 5.41) is 0. The van der Waals surface area contributed by atoms with Gasteiger partial charge in [-0.1, -0.05) is 5.57 Å². The Morgan fingerprint density at radius 3 is 1.40 bits per heavy atom. The van der Waals surface area contributed by atoms with Gasteiger partial charge in [0.05, 0.1) is 0 Å². The molecule has 0 radical (unpaired) electrons. The highest BCUT2D eigenvalue weighted by Crippen LogP contribution is 1.73. The fraction of sp³-hybridized carbons (Fsp3) is 0.500. The van der Waals surface area contributed by atoms with Crippen molar-refractivity contribution in [1.82, 2.24) is 0 Å². The van der Waals surface area contributed by atoms with Gasteiger partial charge >= 0.3 is 0 Å². The molecular formula is C4H11P. The van der Waals surface area contributed by atoms with Crippen LogP contribution in [-0.2, 0) is 0 Å². The lowest BCUT2D eigenvalue weighted by Crippen LogP contribution is -1.43. The highest BCUT2D eigenvalue weighted by atomic mass is 31.0. The van der Waals surface area contributed by atoms with Gasteiger partial charge in [0.15, 0.2) is 0 Å². The molecule has 1 unspecified atom stereocenters. The lowest BCUT2D eigenvalue weighted by atomic mass is 10.4. The lowest BCUT2D eigenvalue weighted by molar-refractivity contribution is 1.42. The van der Waals surface area contributed by atoms with Crippen LogP contribution in [0.3, 0.4) is 0 Å². The highest BCUT2D eigenvalue weighted by Gasteiger charge is 1.51. The average Bonchev–Trinajstić information content (AvgIpc) is 0.811. The molecule has 0 amide bonds. The third kappa shape index (κ3) is 679. The molecule has 5 heavy (non-hydrogen) atoms. The number of allylic oxidation sites excluding steroid dienone is 1. The molecule has 0 aromatic heterocycles. The fourth-order valence-corrected chi connectivity index (χ4v) is 0. The SMILES string of the molecule is C=C(C)C.P. The van der Waals surface area contributed by atoms with Crippen molar-refractivity contribution in [3.63, 3.8) is 0 Å². The summed E-state index contributed by atoms with van der Waals surface area (Å²) in [6.45, 7) is 7.50. The third-order valence-corrected chi connectivity index (χ3v) is 0. The molecule has 0 aliphatic heterocycles. The molecule has 0 saturated heterocycles. The second kappa shape index (κ2) is 4.17. The van der Waals surface area contributed by atoms with Gasteiger partial charge in [-0.25, -0.2) is 0 Å². The predicted molar refractivity (Wildman–Crippen MR) is 31.6 cm³/mol. The van der Waals surface area contributed by atoms with Crippen LogP contribution in [0.1, 0.15) is 13.8 Å². The Hall–Kier alpha value is 0.170. The van der Waals surface area contributed by atoms with Crippen molar-refractivity contribution in [1.29, 1.82) is 0 Å². The van der Waals surface area contributed by atoms with Gasteiger partial charge in [-0.2, -0.15) is 9.90 Å². The van der Waals surface area contributed by atoms with Crippen LogP contribution in [-0.4, -0.2) is 0 Å². The largest absolute Gasteiger partial charge is 0.153 e. The molecule has 0 aromatic rings. The topological polar surface area (TPSA) is 0 Å². The molecule has 0 heterocycles. The van der Waals surface area contributed by atoms with Crippen molar-refractivity contribution in [3.05, 3.63) is 12.2 Å². The summed E-state index contributed by atoms with van der Waals surface area (Å²) in [5.74, 6) is 0. The van der Waals surface area contributed by atoms with E-state index >= 15 is 0 Å². The first-order valence-electron chi connectivity index (χ1n) is 1.35. The number of hydrogen-bond donors (Lipinski definition) is 0. The molecule has 1 heteroatoms. The number of rotatable bonds is 0. The van der Waals surface area contributed by atoms with E-state index in [4.69, 9.17) is 0 Å². The zero-order valence-corrected chi connectivity index (χ0v) is 5.33. The fourth-order valence-electron chi connectivity index (χ4n) is 0. The maximum absolute atomic E-state index is 3.56. The van der Waals surface area contributed by atoms with Gasteiger partial charge in [-0.15, -0.1) is 6.58 Å². The minimum Gasteiger partial charge on any atom is -0.153 e. The van der Waals surface area contributed by atoms with Crippen molar-refractivity contribution < 1.29 is 0 Å². The van der Waals surface area contributed by atoms with Gasteiger partial charge in [0, 0.05) is 0 Å². The van der Waals surface area contributed by atoms with Crippen LogP contribution in [0.2, 0.25) is 0 Å². The standard InChI is InChI=1S/C4H8.H3P/c1-4(2)3;/h1H2,2-3H3;1H3. The van der Waals surface area contributed by atoms with Crippen LogP contribution < -0.4 is 0 Å². The van der Waals surface area contributed by atoms with E-state index in [0.29, 0.717) is 0 Å². The summed E-state index contributed by atoms with van der Waals surface area (Å²) < 4.78 is 0. The summed E-state index contributed by atoms with van der Waals surface area (Å²) >= 11 is 0. The zero-order valence-electron chi connectivity index (χ0n) is 3.91. The summed E-state index contributed by atoms with van der Waals surface area (Å²) in [4.78, 5) is 0. The summed E-state index contributed by atoms with van der Waals surface area (Å²) in [7, 11) is 0. The summed E-state index contributed by atoms with van der Waals surface area (Å²) in [5.41, 5.74) is 1.17. The van der Waals surface area contributed by atoms with Crippen LogP contribution in [0, 0.1) is 0 Å². The van der Waals surface area contributed by atoms with E-state index in [1.54, 1.807) is 0 Å². The van der Waals surface area contributed by atoms with E-state index in [2.05, 4.69) is 6.58 Å². The quantitative estimate of drug-likeness (QED) is 0.313. The molecule has 0 fully saturated rings. The van der Waals surface area contributed by atoms with Crippen LogP contribution in [0.15, 0.2) is 12.2 Å².